The molecule has 2 amide bonds. The molecule has 0 saturated carbocycles. The number of hydrogen-bond donors (Lipinski definition) is 1. The van der Waals surface area contributed by atoms with E-state index in [9.17, 15) is 41.0 Å². The second kappa shape index (κ2) is 12.8. The number of phenols is 1. The van der Waals surface area contributed by atoms with Crippen LogP contribution in [0.5, 0.6) is 5.75 Å². The Kier molecular flexibility index (Phi) is 9.05. The summed E-state index contributed by atoms with van der Waals surface area (Å²) in [6, 6.07) is 11.3. The highest BCUT2D eigenvalue weighted by atomic mass is 79.9. The van der Waals surface area contributed by atoms with Gasteiger partial charge in [0.25, 0.3) is 0 Å². The number of aromatic hydroxyl groups is 1. The molecule has 2 fully saturated rings. The normalized spacial score (nSPS) is 23.2. The number of fused-ring (bicyclic) bond motifs is 3. The molecule has 1 N–H and O–H groups in total. The summed E-state index contributed by atoms with van der Waals surface area (Å²) < 4.78 is 88.8. The van der Waals surface area contributed by atoms with Crippen molar-refractivity contribution in [3.63, 3.8) is 0 Å². The molecule has 3 aromatic rings. The summed E-state index contributed by atoms with van der Waals surface area (Å²) >= 11 is 3.43. The number of pyridine rings is 1. The Morgan fingerprint density at radius 3 is 2.33 bits per heavy atom. The first-order chi connectivity index (χ1) is 22.7. The Hall–Kier alpha value is -3.97. The van der Waals surface area contributed by atoms with Crippen LogP contribution in [0.15, 0.2) is 76.4 Å². The van der Waals surface area contributed by atoms with Crippen LogP contribution in [0.4, 0.5) is 32.0 Å². The molecule has 6 nitrogen and oxygen atoms in total. The average Bonchev–Trinajstić information content (AvgIpc) is 3.57. The number of allylic oxidation sites excluding steroid dienone is 2. The fourth-order valence-electron chi connectivity index (χ4n) is 7.08. The molecule has 1 aromatic heterocycles. The number of aromatic nitrogens is 1. The van der Waals surface area contributed by atoms with E-state index in [0.29, 0.717) is 47.6 Å². The SMILES string of the molecule is CCC1=C2[C@@H](CC/C(=C/c3cc(Br)ccc3O)c3ccccn3)OC[C@@H]2[C@@H]2C(=O)N(c3cc(C(F)(F)F)cc(C(F)(F)F)c3)C(=O)[C@@H]2C1. The van der Waals surface area contributed by atoms with Gasteiger partial charge in [0.2, 0.25) is 11.8 Å². The standard InChI is InChI=1S/C35H29BrF6N2O4/c1-2-18-13-25-31(33(47)44(32(25)46)24-15-21(34(37,38)39)14-22(16-24)35(40,41)42)26-17-48-29(30(18)26)9-6-19(27-5-3-4-10-43-27)11-20-12-23(36)7-8-28(20)45/h3-5,7-8,10-12,14-16,25-26,29,31,45H,2,6,9,13,17H2,1H3/b19-11-/t25-,26+,29-,31-/m1/s1. The van der Waals surface area contributed by atoms with Crippen molar-refractivity contribution in [2.24, 2.45) is 17.8 Å². The van der Waals surface area contributed by atoms with Crippen LogP contribution in [0.25, 0.3) is 11.6 Å². The lowest BCUT2D eigenvalue weighted by Crippen LogP contribution is -2.34. The number of carbonyl (C=O) groups excluding carboxylic acids is 2. The lowest BCUT2D eigenvalue weighted by Gasteiger charge is -2.31. The summed E-state index contributed by atoms with van der Waals surface area (Å²) in [5.74, 6) is -4.06. The molecule has 13 heteroatoms. The van der Waals surface area contributed by atoms with E-state index in [2.05, 4.69) is 20.9 Å². The summed E-state index contributed by atoms with van der Waals surface area (Å²) in [6.45, 7) is 1.97. The number of benzene rings is 2. The smallest absolute Gasteiger partial charge is 0.416 e. The third-order valence-electron chi connectivity index (χ3n) is 9.25. The molecule has 0 spiro atoms. The van der Waals surface area contributed by atoms with Gasteiger partial charge >= 0.3 is 12.4 Å². The number of phenolic OH excluding ortho intramolecular Hbond substituents is 1. The van der Waals surface area contributed by atoms with Crippen molar-refractivity contribution in [3.8, 4) is 5.75 Å². The van der Waals surface area contributed by atoms with Crippen molar-refractivity contribution in [2.45, 2.75) is 51.1 Å². The summed E-state index contributed by atoms with van der Waals surface area (Å²) in [4.78, 5) is 32.5. The number of imide groups is 1. The molecule has 48 heavy (non-hydrogen) atoms. The molecule has 4 atom stereocenters. The molecule has 252 valence electrons. The van der Waals surface area contributed by atoms with Gasteiger partial charge in [-0.05, 0) is 91.4 Å². The van der Waals surface area contributed by atoms with Crippen molar-refractivity contribution in [2.75, 3.05) is 11.5 Å². The zero-order valence-electron chi connectivity index (χ0n) is 25.4. The number of halogens is 7. The van der Waals surface area contributed by atoms with Gasteiger partial charge in [0.15, 0.2) is 0 Å². The van der Waals surface area contributed by atoms with Gasteiger partial charge in [0.1, 0.15) is 5.75 Å². The van der Waals surface area contributed by atoms with Crippen LogP contribution in [0.2, 0.25) is 0 Å². The monoisotopic (exact) mass is 734 g/mol. The van der Waals surface area contributed by atoms with Gasteiger partial charge in [0, 0.05) is 22.2 Å². The Morgan fingerprint density at radius 2 is 1.71 bits per heavy atom. The number of anilines is 1. The van der Waals surface area contributed by atoms with Crippen LogP contribution < -0.4 is 4.90 Å². The summed E-state index contributed by atoms with van der Waals surface area (Å²) in [5, 5.41) is 10.5. The molecule has 2 aliphatic heterocycles. The van der Waals surface area contributed by atoms with E-state index in [1.807, 2.05) is 25.1 Å². The van der Waals surface area contributed by atoms with E-state index >= 15 is 0 Å². The highest BCUT2D eigenvalue weighted by Crippen LogP contribution is 2.52. The third kappa shape index (κ3) is 6.41. The number of ether oxygens (including phenoxy) is 1. The fourth-order valence-corrected chi connectivity index (χ4v) is 7.45. The molecule has 6 rings (SSSR count). The summed E-state index contributed by atoms with van der Waals surface area (Å²) in [6.07, 6.45) is -5.65. The predicted octanol–water partition coefficient (Wildman–Crippen LogP) is 8.84. The van der Waals surface area contributed by atoms with Crippen LogP contribution in [0.1, 0.15) is 55.0 Å². The van der Waals surface area contributed by atoms with E-state index in [4.69, 9.17) is 4.74 Å². The van der Waals surface area contributed by atoms with Crippen molar-refractivity contribution < 1.29 is 45.8 Å². The first-order valence-electron chi connectivity index (χ1n) is 15.3. The van der Waals surface area contributed by atoms with Gasteiger partial charge in [0.05, 0.1) is 47.1 Å². The molecular weight excluding hydrogens is 706 g/mol. The Bertz CT molecular complexity index is 1790. The molecule has 1 aliphatic carbocycles. The average molecular weight is 736 g/mol. The first kappa shape index (κ1) is 33.9. The zero-order valence-corrected chi connectivity index (χ0v) is 27.0. The minimum atomic E-state index is -5.14. The number of nitrogens with zero attached hydrogens (tertiary/aromatic N) is 2. The summed E-state index contributed by atoms with van der Waals surface area (Å²) in [5.41, 5.74) is -0.147. The molecule has 2 saturated heterocycles. The Morgan fingerprint density at radius 1 is 1.00 bits per heavy atom. The molecule has 0 radical (unpaired) electrons. The largest absolute Gasteiger partial charge is 0.507 e. The number of amides is 2. The quantitative estimate of drug-likeness (QED) is 0.149. The molecule has 3 heterocycles. The van der Waals surface area contributed by atoms with Crippen LogP contribution in [-0.4, -0.2) is 34.6 Å². The van der Waals surface area contributed by atoms with Crippen molar-refractivity contribution in [1.29, 1.82) is 0 Å². The number of rotatable bonds is 7. The van der Waals surface area contributed by atoms with Crippen LogP contribution in [0.3, 0.4) is 0 Å². The maximum atomic E-state index is 13.9. The summed E-state index contributed by atoms with van der Waals surface area (Å²) in [7, 11) is 0. The fraction of sp³-hybridized carbons (Fsp3) is 0.343. The minimum absolute atomic E-state index is 0.0303. The van der Waals surface area contributed by atoms with Crippen LogP contribution in [0, 0.1) is 17.8 Å². The van der Waals surface area contributed by atoms with Gasteiger partial charge < -0.3 is 9.84 Å². The van der Waals surface area contributed by atoms with Gasteiger partial charge in [-0.25, -0.2) is 4.90 Å². The Labute approximate surface area is 280 Å². The lowest BCUT2D eigenvalue weighted by molar-refractivity contribution is -0.143. The van der Waals surface area contributed by atoms with Crippen LogP contribution in [-0.2, 0) is 26.7 Å². The highest BCUT2D eigenvalue weighted by molar-refractivity contribution is 9.10. The highest BCUT2D eigenvalue weighted by Gasteiger charge is 2.57. The van der Waals surface area contributed by atoms with Gasteiger partial charge in [-0.3, -0.25) is 14.6 Å². The maximum Gasteiger partial charge on any atom is 0.416 e. The third-order valence-corrected chi connectivity index (χ3v) is 9.75. The second-order valence-corrected chi connectivity index (χ2v) is 13.0. The van der Waals surface area contributed by atoms with Crippen molar-refractivity contribution in [1.82, 2.24) is 4.98 Å². The first-order valence-corrected chi connectivity index (χ1v) is 16.1. The van der Waals surface area contributed by atoms with E-state index in [1.54, 1.807) is 30.5 Å². The molecule has 3 aliphatic rings. The van der Waals surface area contributed by atoms with Crippen molar-refractivity contribution >= 4 is 45.1 Å². The molecule has 2 aromatic carbocycles. The van der Waals surface area contributed by atoms with Gasteiger partial charge in [-0.2, -0.15) is 26.3 Å². The zero-order chi connectivity index (χ0) is 34.5. The molecule has 0 unspecified atom stereocenters. The van der Waals surface area contributed by atoms with Gasteiger partial charge in [-0.1, -0.05) is 34.5 Å². The molecule has 0 bridgehead atoms. The topological polar surface area (TPSA) is 79.7 Å². The lowest BCUT2D eigenvalue weighted by atomic mass is 9.69. The van der Waals surface area contributed by atoms with E-state index < -0.39 is 64.8 Å². The van der Waals surface area contributed by atoms with E-state index in [-0.39, 0.29) is 24.8 Å². The number of alkyl halides is 6. The second-order valence-electron chi connectivity index (χ2n) is 12.1. The maximum absolute atomic E-state index is 13.9. The number of hydrogen-bond acceptors (Lipinski definition) is 5. The van der Waals surface area contributed by atoms with Gasteiger partial charge in [-0.15, -0.1) is 0 Å². The Balaban J connectivity index is 1.30. The van der Waals surface area contributed by atoms with Crippen LogP contribution >= 0.6 is 15.9 Å². The minimum Gasteiger partial charge on any atom is -0.507 e. The van der Waals surface area contributed by atoms with Crippen molar-refractivity contribution in [3.05, 3.63) is 98.8 Å². The predicted molar refractivity (Wildman–Crippen MR) is 168 cm³/mol. The molecular formula is C35H29BrF6N2O4. The van der Waals surface area contributed by atoms with E-state index in [1.165, 1.54) is 0 Å². The van der Waals surface area contributed by atoms with E-state index in [0.717, 1.165) is 21.2 Å². The number of carbonyl (C=O) groups is 2.